The second-order valence-electron chi connectivity index (χ2n) is 5.52. The first-order valence-electron chi connectivity index (χ1n) is 7.75. The van der Waals surface area contributed by atoms with Crippen molar-refractivity contribution in [1.29, 1.82) is 0 Å². The third-order valence-corrected chi connectivity index (χ3v) is 4.05. The van der Waals surface area contributed by atoms with E-state index < -0.39 is 5.54 Å². The van der Waals surface area contributed by atoms with Crippen molar-refractivity contribution < 1.29 is 4.79 Å². The minimum Gasteiger partial charge on any atom is -0.341 e. The van der Waals surface area contributed by atoms with Crippen LogP contribution >= 0.6 is 12.4 Å². The molecule has 120 valence electrons. The van der Waals surface area contributed by atoms with E-state index in [0.717, 1.165) is 51.9 Å². The summed E-state index contributed by atoms with van der Waals surface area (Å²) in [5.74, 6) is 0.242. The summed E-state index contributed by atoms with van der Waals surface area (Å²) in [6, 6.07) is 1.90. The number of aromatic nitrogens is 2. The van der Waals surface area contributed by atoms with Gasteiger partial charge in [-0.05, 0) is 44.8 Å². The maximum atomic E-state index is 13.1. The number of hydrogen-bond acceptors (Lipinski definition) is 3. The lowest BCUT2D eigenvalue weighted by Crippen LogP contribution is -2.56. The van der Waals surface area contributed by atoms with Gasteiger partial charge in [0.25, 0.3) is 5.91 Å². The van der Waals surface area contributed by atoms with Crippen LogP contribution in [0.1, 0.15) is 39.5 Å². The van der Waals surface area contributed by atoms with Crippen LogP contribution in [0.4, 0.5) is 0 Å². The number of halogens is 1. The third-order valence-electron chi connectivity index (χ3n) is 4.05. The Bertz CT molecular complexity index is 409. The van der Waals surface area contributed by atoms with Gasteiger partial charge in [-0.25, -0.2) is 0 Å². The molecule has 21 heavy (non-hydrogen) atoms. The summed E-state index contributed by atoms with van der Waals surface area (Å²) in [4.78, 5) is 15.2. The van der Waals surface area contributed by atoms with Crippen LogP contribution in [0.3, 0.4) is 0 Å². The molecule has 1 aliphatic rings. The van der Waals surface area contributed by atoms with Gasteiger partial charge in [0.15, 0.2) is 0 Å². The molecule has 1 N–H and O–H groups in total. The smallest absolute Gasteiger partial charge is 0.250 e. The largest absolute Gasteiger partial charge is 0.341 e. The van der Waals surface area contributed by atoms with E-state index in [1.165, 1.54) is 0 Å². The predicted octanol–water partition coefficient (Wildman–Crippen LogP) is 2.03. The first-order valence-corrected chi connectivity index (χ1v) is 7.75. The molecule has 5 nitrogen and oxygen atoms in total. The monoisotopic (exact) mass is 314 g/mol. The number of carbonyl (C=O) groups is 1. The molecule has 0 spiro atoms. The normalized spacial score (nSPS) is 17.0. The summed E-state index contributed by atoms with van der Waals surface area (Å²) < 4.78 is 1.88. The molecule has 2 rings (SSSR count). The molecule has 1 aromatic heterocycles. The fourth-order valence-corrected chi connectivity index (χ4v) is 3.05. The van der Waals surface area contributed by atoms with Crippen LogP contribution in [0.15, 0.2) is 18.5 Å². The fraction of sp³-hybridized carbons (Fsp3) is 0.733. The van der Waals surface area contributed by atoms with E-state index in [0.29, 0.717) is 0 Å². The molecule has 1 saturated heterocycles. The molecule has 0 atom stereocenters. The van der Waals surface area contributed by atoms with Crippen LogP contribution in [-0.4, -0.2) is 46.8 Å². The second-order valence-corrected chi connectivity index (χ2v) is 5.52. The van der Waals surface area contributed by atoms with Crippen molar-refractivity contribution in [3.05, 3.63) is 18.5 Å². The summed E-state index contributed by atoms with van der Waals surface area (Å²) in [7, 11) is 0. The van der Waals surface area contributed by atoms with Gasteiger partial charge in [-0.3, -0.25) is 9.48 Å². The minimum atomic E-state index is -0.487. The number of carbonyl (C=O) groups excluding carboxylic acids is 1. The summed E-state index contributed by atoms with van der Waals surface area (Å²) in [5.41, 5.74) is -0.487. The maximum absolute atomic E-state index is 13.1. The number of amides is 1. The highest BCUT2D eigenvalue weighted by molar-refractivity contribution is 5.85. The zero-order valence-corrected chi connectivity index (χ0v) is 13.9. The summed E-state index contributed by atoms with van der Waals surface area (Å²) in [5, 5.41) is 7.72. The molecule has 1 aliphatic heterocycles. The zero-order valence-electron chi connectivity index (χ0n) is 13.0. The number of piperidine rings is 1. The molecule has 2 heterocycles. The van der Waals surface area contributed by atoms with Crippen LogP contribution < -0.4 is 5.32 Å². The molecule has 1 fully saturated rings. The lowest BCUT2D eigenvalue weighted by Gasteiger charge is -2.40. The average molecular weight is 315 g/mol. The average Bonchev–Trinajstić information content (AvgIpc) is 3.02. The van der Waals surface area contributed by atoms with Gasteiger partial charge < -0.3 is 10.2 Å². The first kappa shape index (κ1) is 18.0. The number of hydrogen-bond donors (Lipinski definition) is 1. The SMILES string of the molecule is CCCN(CCC)C(=O)C1(n2cccn2)CCNCC1.Cl. The summed E-state index contributed by atoms with van der Waals surface area (Å²) in [6.45, 7) is 7.67. The van der Waals surface area contributed by atoms with E-state index >= 15 is 0 Å². The molecule has 0 bridgehead atoms. The van der Waals surface area contributed by atoms with Gasteiger partial charge >= 0.3 is 0 Å². The number of nitrogens with zero attached hydrogens (tertiary/aromatic N) is 3. The van der Waals surface area contributed by atoms with Crippen molar-refractivity contribution in [2.24, 2.45) is 0 Å². The Hall–Kier alpha value is -1.07. The summed E-state index contributed by atoms with van der Waals surface area (Å²) in [6.07, 6.45) is 7.33. The molecular formula is C15H27ClN4O. The Kier molecular flexibility index (Phi) is 7.18. The number of nitrogens with one attached hydrogen (secondary N) is 1. The van der Waals surface area contributed by atoms with Crippen molar-refractivity contribution in [1.82, 2.24) is 20.0 Å². The highest BCUT2D eigenvalue weighted by Gasteiger charge is 2.44. The Morgan fingerprint density at radius 1 is 1.29 bits per heavy atom. The molecule has 6 heteroatoms. The van der Waals surface area contributed by atoms with Crippen molar-refractivity contribution in [2.75, 3.05) is 26.2 Å². The fourth-order valence-electron chi connectivity index (χ4n) is 3.05. The van der Waals surface area contributed by atoms with Crippen molar-refractivity contribution in [3.63, 3.8) is 0 Å². The molecule has 0 aromatic carbocycles. The lowest BCUT2D eigenvalue weighted by atomic mass is 9.86. The predicted molar refractivity (Wildman–Crippen MR) is 86.7 cm³/mol. The van der Waals surface area contributed by atoms with E-state index in [-0.39, 0.29) is 18.3 Å². The highest BCUT2D eigenvalue weighted by atomic mass is 35.5. The molecule has 0 aliphatic carbocycles. The first-order chi connectivity index (χ1) is 9.74. The topological polar surface area (TPSA) is 50.2 Å². The van der Waals surface area contributed by atoms with Crippen molar-refractivity contribution >= 4 is 18.3 Å². The van der Waals surface area contributed by atoms with Crippen molar-refractivity contribution in [2.45, 2.75) is 45.1 Å². The van der Waals surface area contributed by atoms with Crippen LogP contribution in [0, 0.1) is 0 Å². The van der Waals surface area contributed by atoms with E-state index in [1.807, 2.05) is 21.8 Å². The van der Waals surface area contributed by atoms with E-state index in [1.54, 1.807) is 6.20 Å². The third kappa shape index (κ3) is 3.77. The van der Waals surface area contributed by atoms with Crippen molar-refractivity contribution in [3.8, 4) is 0 Å². The Morgan fingerprint density at radius 2 is 1.90 bits per heavy atom. The van der Waals surface area contributed by atoms with Gasteiger partial charge in [0.2, 0.25) is 0 Å². The Labute approximate surface area is 133 Å². The minimum absolute atomic E-state index is 0. The van der Waals surface area contributed by atoms with E-state index in [2.05, 4.69) is 24.3 Å². The Morgan fingerprint density at radius 3 is 2.38 bits per heavy atom. The van der Waals surface area contributed by atoms with Gasteiger partial charge in [0.05, 0.1) is 0 Å². The molecule has 1 amide bonds. The van der Waals surface area contributed by atoms with Crippen LogP contribution in [0.25, 0.3) is 0 Å². The highest BCUT2D eigenvalue weighted by Crippen LogP contribution is 2.29. The molecule has 0 saturated carbocycles. The number of rotatable bonds is 6. The van der Waals surface area contributed by atoms with Gasteiger partial charge in [-0.2, -0.15) is 5.10 Å². The quantitative estimate of drug-likeness (QED) is 0.874. The van der Waals surface area contributed by atoms with Gasteiger partial charge in [0, 0.05) is 25.5 Å². The van der Waals surface area contributed by atoms with Gasteiger partial charge in [-0.1, -0.05) is 13.8 Å². The zero-order chi connectivity index (χ0) is 14.4. The lowest BCUT2D eigenvalue weighted by molar-refractivity contribution is -0.143. The van der Waals surface area contributed by atoms with Gasteiger partial charge in [-0.15, -0.1) is 12.4 Å². The van der Waals surface area contributed by atoms with Crippen LogP contribution in [0.5, 0.6) is 0 Å². The summed E-state index contributed by atoms with van der Waals surface area (Å²) >= 11 is 0. The Balaban J connectivity index is 0.00000220. The van der Waals surface area contributed by atoms with E-state index in [9.17, 15) is 4.79 Å². The molecular weight excluding hydrogens is 288 g/mol. The van der Waals surface area contributed by atoms with Gasteiger partial charge in [0.1, 0.15) is 5.54 Å². The van der Waals surface area contributed by atoms with Crippen LogP contribution in [-0.2, 0) is 10.3 Å². The van der Waals surface area contributed by atoms with Crippen LogP contribution in [0.2, 0.25) is 0 Å². The second kappa shape index (κ2) is 8.39. The maximum Gasteiger partial charge on any atom is 0.250 e. The molecule has 0 unspecified atom stereocenters. The molecule has 1 aromatic rings. The van der Waals surface area contributed by atoms with E-state index in [4.69, 9.17) is 0 Å². The standard InChI is InChI=1S/C15H26N4O.ClH/c1-3-11-18(12-4-2)14(20)15(6-9-16-10-7-15)19-13-5-8-17-19;/h5,8,13,16H,3-4,6-7,9-12H2,1-2H3;1H. The molecule has 0 radical (unpaired) electrons.